The van der Waals surface area contributed by atoms with Crippen molar-refractivity contribution in [2.45, 2.75) is 57.5 Å². The number of para-hydroxylation sites is 1. The highest BCUT2D eigenvalue weighted by Crippen LogP contribution is 2.31. The van der Waals surface area contributed by atoms with Gasteiger partial charge in [0.1, 0.15) is 6.04 Å². The highest BCUT2D eigenvalue weighted by atomic mass is 16.2. The molecule has 3 N–H and O–H groups in total. The SMILES string of the molecule is CCc1ccc(CN(C)C)cc1NC(=O)[C@H](NC(=O)N1CCC(c2ccccc2)CC1)[C@H](C)c1c[nH]c2ccccc12. The number of piperidine rings is 1. The van der Waals surface area contributed by atoms with Crippen LogP contribution in [0, 0.1) is 0 Å². The molecule has 0 bridgehead atoms. The van der Waals surface area contributed by atoms with Gasteiger partial charge in [-0.3, -0.25) is 4.79 Å². The van der Waals surface area contributed by atoms with Gasteiger partial charge in [0.05, 0.1) is 0 Å². The Labute approximate surface area is 249 Å². The Morgan fingerprint density at radius 1 is 1.00 bits per heavy atom. The Bertz CT molecular complexity index is 1500. The molecule has 2 atom stereocenters. The molecule has 42 heavy (non-hydrogen) atoms. The number of nitrogens with zero attached hydrogens (tertiary/aromatic N) is 2. The zero-order chi connectivity index (χ0) is 29.6. The largest absolute Gasteiger partial charge is 0.361 e. The molecule has 1 aliphatic rings. The van der Waals surface area contributed by atoms with Gasteiger partial charge < -0.3 is 25.4 Å². The molecule has 4 aromatic rings. The van der Waals surface area contributed by atoms with Crippen LogP contribution in [0.2, 0.25) is 0 Å². The Hall–Kier alpha value is -4.10. The molecule has 3 amide bonds. The number of H-pyrrole nitrogens is 1. The van der Waals surface area contributed by atoms with Gasteiger partial charge in [0.15, 0.2) is 0 Å². The molecule has 0 unspecified atom stereocenters. The predicted octanol–water partition coefficient (Wildman–Crippen LogP) is 6.49. The first kappa shape index (κ1) is 29.4. The standard InChI is InChI=1S/C35H43N5O2/c1-5-26-16-15-25(23-39(3)4)21-32(26)37-34(41)33(24(2)30-22-36-31-14-10-9-13-29(30)31)38-35(42)40-19-17-28(18-20-40)27-11-7-6-8-12-27/h6-16,21-22,24,28,33,36H,5,17-20,23H2,1-4H3,(H,37,41)(H,38,42)/t24-,33-/m1/s1. The maximum Gasteiger partial charge on any atom is 0.318 e. The van der Waals surface area contributed by atoms with Crippen LogP contribution >= 0.6 is 0 Å². The van der Waals surface area contributed by atoms with Crippen LogP contribution in [0.3, 0.4) is 0 Å². The van der Waals surface area contributed by atoms with Crippen molar-refractivity contribution in [2.75, 3.05) is 32.5 Å². The van der Waals surface area contributed by atoms with Gasteiger partial charge in [0.25, 0.3) is 0 Å². The second kappa shape index (κ2) is 13.3. The van der Waals surface area contributed by atoms with Crippen molar-refractivity contribution in [3.8, 4) is 0 Å². The van der Waals surface area contributed by atoms with E-state index < -0.39 is 6.04 Å². The summed E-state index contributed by atoms with van der Waals surface area (Å²) in [6.07, 6.45) is 4.57. The van der Waals surface area contributed by atoms with E-state index in [9.17, 15) is 9.59 Å². The van der Waals surface area contributed by atoms with E-state index in [1.165, 1.54) is 5.56 Å². The fraction of sp³-hybridized carbons (Fsp3) is 0.371. The van der Waals surface area contributed by atoms with E-state index >= 15 is 0 Å². The number of urea groups is 1. The van der Waals surface area contributed by atoms with Crippen molar-refractivity contribution >= 4 is 28.5 Å². The molecule has 1 fully saturated rings. The molecule has 1 aliphatic heterocycles. The third-order valence-corrected chi connectivity index (χ3v) is 8.54. The van der Waals surface area contributed by atoms with Gasteiger partial charge in [-0.2, -0.15) is 0 Å². The first-order valence-corrected chi connectivity index (χ1v) is 15.1. The van der Waals surface area contributed by atoms with Crippen molar-refractivity contribution in [1.29, 1.82) is 0 Å². The number of carbonyl (C=O) groups is 2. The van der Waals surface area contributed by atoms with Crippen LogP contribution in [-0.2, 0) is 17.8 Å². The monoisotopic (exact) mass is 565 g/mol. The van der Waals surface area contributed by atoms with E-state index in [1.54, 1.807) is 0 Å². The smallest absolute Gasteiger partial charge is 0.318 e. The number of fused-ring (bicyclic) bond motifs is 1. The highest BCUT2D eigenvalue weighted by Gasteiger charge is 2.33. The maximum absolute atomic E-state index is 14.1. The number of carbonyl (C=O) groups excluding carboxylic acids is 2. The van der Waals surface area contributed by atoms with Gasteiger partial charge in [-0.25, -0.2) is 4.79 Å². The Morgan fingerprint density at radius 3 is 2.43 bits per heavy atom. The van der Waals surface area contributed by atoms with E-state index in [0.717, 1.165) is 59.1 Å². The van der Waals surface area contributed by atoms with Crippen LogP contribution in [0.5, 0.6) is 0 Å². The number of nitrogens with one attached hydrogen (secondary N) is 3. The molecule has 2 heterocycles. The molecule has 220 valence electrons. The summed E-state index contributed by atoms with van der Waals surface area (Å²) < 4.78 is 0. The number of hydrogen-bond donors (Lipinski definition) is 3. The number of hydrogen-bond acceptors (Lipinski definition) is 3. The molecule has 0 spiro atoms. The third-order valence-electron chi connectivity index (χ3n) is 8.54. The minimum atomic E-state index is -0.759. The first-order chi connectivity index (χ1) is 20.3. The number of amides is 3. The van der Waals surface area contributed by atoms with Crippen LogP contribution in [0.15, 0.2) is 79.0 Å². The molecule has 7 nitrogen and oxygen atoms in total. The number of likely N-dealkylation sites (tertiary alicyclic amines) is 1. The number of rotatable bonds is 9. The fourth-order valence-electron chi connectivity index (χ4n) is 6.16. The van der Waals surface area contributed by atoms with Crippen LogP contribution in [0.25, 0.3) is 10.9 Å². The summed E-state index contributed by atoms with van der Waals surface area (Å²) in [6.45, 7) is 6.20. The fourth-order valence-corrected chi connectivity index (χ4v) is 6.16. The summed E-state index contributed by atoms with van der Waals surface area (Å²) in [5.41, 5.74) is 6.34. The molecule has 1 saturated heterocycles. The third kappa shape index (κ3) is 6.68. The van der Waals surface area contributed by atoms with Crippen LogP contribution < -0.4 is 10.6 Å². The number of benzene rings is 3. The van der Waals surface area contributed by atoms with E-state index in [4.69, 9.17) is 0 Å². The van der Waals surface area contributed by atoms with Crippen LogP contribution in [0.4, 0.5) is 10.5 Å². The van der Waals surface area contributed by atoms with E-state index in [-0.39, 0.29) is 17.9 Å². The van der Waals surface area contributed by atoms with Gasteiger partial charge in [0, 0.05) is 48.3 Å². The zero-order valence-electron chi connectivity index (χ0n) is 25.2. The minimum Gasteiger partial charge on any atom is -0.361 e. The average Bonchev–Trinajstić information content (AvgIpc) is 3.44. The molecule has 5 rings (SSSR count). The molecule has 0 radical (unpaired) electrons. The van der Waals surface area contributed by atoms with Gasteiger partial charge in [-0.05, 0) is 73.7 Å². The van der Waals surface area contributed by atoms with E-state index in [1.807, 2.05) is 56.4 Å². The predicted molar refractivity (Wildman–Crippen MR) is 171 cm³/mol. The molecular weight excluding hydrogens is 522 g/mol. The van der Waals surface area contributed by atoms with Crippen molar-refractivity contribution < 1.29 is 9.59 Å². The number of aromatic amines is 1. The molecule has 1 aromatic heterocycles. The summed E-state index contributed by atoms with van der Waals surface area (Å²) in [5.74, 6) is -0.0274. The lowest BCUT2D eigenvalue weighted by Crippen LogP contribution is -2.53. The van der Waals surface area contributed by atoms with Gasteiger partial charge >= 0.3 is 6.03 Å². The molecular formula is C35H43N5O2. The van der Waals surface area contributed by atoms with E-state index in [0.29, 0.717) is 19.0 Å². The highest BCUT2D eigenvalue weighted by molar-refractivity contribution is 5.99. The second-order valence-corrected chi connectivity index (χ2v) is 11.7. The zero-order valence-corrected chi connectivity index (χ0v) is 25.2. The summed E-state index contributed by atoms with van der Waals surface area (Å²) >= 11 is 0. The Balaban J connectivity index is 1.37. The quantitative estimate of drug-likeness (QED) is 0.217. The minimum absolute atomic E-state index is 0.189. The van der Waals surface area contributed by atoms with Gasteiger partial charge in [-0.15, -0.1) is 0 Å². The van der Waals surface area contributed by atoms with Crippen molar-refractivity contribution in [3.63, 3.8) is 0 Å². The second-order valence-electron chi connectivity index (χ2n) is 11.7. The lowest BCUT2D eigenvalue weighted by atomic mass is 9.89. The van der Waals surface area contributed by atoms with E-state index in [2.05, 4.69) is 76.0 Å². The van der Waals surface area contributed by atoms with Gasteiger partial charge in [0.2, 0.25) is 5.91 Å². The van der Waals surface area contributed by atoms with Crippen molar-refractivity contribution in [3.05, 3.63) is 101 Å². The number of aryl methyl sites for hydroxylation is 1. The lowest BCUT2D eigenvalue weighted by molar-refractivity contribution is -0.118. The van der Waals surface area contributed by atoms with Gasteiger partial charge in [-0.1, -0.05) is 74.5 Å². The van der Waals surface area contributed by atoms with Crippen molar-refractivity contribution in [1.82, 2.24) is 20.1 Å². The lowest BCUT2D eigenvalue weighted by Gasteiger charge is -2.34. The summed E-state index contributed by atoms with van der Waals surface area (Å²) in [7, 11) is 4.06. The maximum atomic E-state index is 14.1. The Kier molecular flexibility index (Phi) is 9.28. The molecule has 0 aliphatic carbocycles. The van der Waals surface area contributed by atoms with Crippen LogP contribution in [0.1, 0.15) is 60.8 Å². The number of anilines is 1. The Morgan fingerprint density at radius 2 is 1.71 bits per heavy atom. The molecule has 3 aromatic carbocycles. The summed E-state index contributed by atoms with van der Waals surface area (Å²) in [5, 5.41) is 7.41. The normalized spacial score (nSPS) is 15.5. The summed E-state index contributed by atoms with van der Waals surface area (Å²) in [4.78, 5) is 35.0. The topological polar surface area (TPSA) is 80.5 Å². The average molecular weight is 566 g/mol. The first-order valence-electron chi connectivity index (χ1n) is 15.1. The molecule has 0 saturated carbocycles. The number of aromatic nitrogens is 1. The summed E-state index contributed by atoms with van der Waals surface area (Å²) in [6, 6.07) is 23.9. The van der Waals surface area contributed by atoms with Crippen LogP contribution in [-0.4, -0.2) is 59.9 Å². The van der Waals surface area contributed by atoms with Crippen molar-refractivity contribution in [2.24, 2.45) is 0 Å². The molecule has 7 heteroatoms.